The van der Waals surface area contributed by atoms with Crippen LogP contribution in [-0.2, 0) is 4.79 Å². The van der Waals surface area contributed by atoms with E-state index in [0.29, 0.717) is 11.8 Å². The number of hydrogen-bond donors (Lipinski definition) is 2. The van der Waals surface area contributed by atoms with Crippen LogP contribution >= 0.6 is 0 Å². The van der Waals surface area contributed by atoms with E-state index < -0.39 is 17.4 Å². The van der Waals surface area contributed by atoms with Crippen LogP contribution in [-0.4, -0.2) is 16.6 Å². The minimum Gasteiger partial charge on any atom is -0.481 e. The number of allylic oxidation sites excluding steroid dienone is 1. The van der Waals surface area contributed by atoms with E-state index >= 15 is 0 Å². The van der Waals surface area contributed by atoms with Gasteiger partial charge in [-0.2, -0.15) is 0 Å². The van der Waals surface area contributed by atoms with Crippen LogP contribution in [0.25, 0.3) is 0 Å². The van der Waals surface area contributed by atoms with Gasteiger partial charge in [0, 0.05) is 11.0 Å². The number of carbonyl (C=O) groups is 1. The monoisotopic (exact) mass is 311 g/mol. The molecular weight excluding hydrogens is 274 g/mol. The second-order valence-electron chi connectivity index (χ2n) is 7.15. The lowest BCUT2D eigenvalue weighted by molar-refractivity contribution is -0.146. The Morgan fingerprint density at radius 1 is 1.50 bits per heavy atom. The first kappa shape index (κ1) is 21.2. The van der Waals surface area contributed by atoms with E-state index in [9.17, 15) is 9.90 Å². The van der Waals surface area contributed by atoms with Crippen LogP contribution in [0.1, 0.15) is 74.7 Å². The van der Waals surface area contributed by atoms with Gasteiger partial charge in [-0.1, -0.05) is 59.6 Å². The van der Waals surface area contributed by atoms with Crippen LogP contribution in [0.2, 0.25) is 0 Å². The molecule has 1 rings (SSSR count). The minimum atomic E-state index is -0.809. The molecule has 1 aliphatic rings. The Hall–Kier alpha value is -0.830. The van der Waals surface area contributed by atoms with Crippen LogP contribution in [0, 0.1) is 23.2 Å². The van der Waals surface area contributed by atoms with Crippen molar-refractivity contribution >= 4 is 5.97 Å². The molecule has 0 bridgehead atoms. The van der Waals surface area contributed by atoms with E-state index in [0.717, 1.165) is 19.3 Å². The second kappa shape index (κ2) is 8.14. The average Bonchev–Trinajstić information content (AvgIpc) is 2.47. The Morgan fingerprint density at radius 3 is 2.41 bits per heavy atom. The Bertz CT molecular complexity index is 400. The molecule has 3 heteroatoms. The maximum absolute atomic E-state index is 11.5. The molecule has 0 aromatic heterocycles. The van der Waals surface area contributed by atoms with Crippen molar-refractivity contribution < 1.29 is 9.90 Å². The zero-order valence-corrected chi connectivity index (χ0v) is 15.9. The molecule has 1 aliphatic carbocycles. The Kier molecular flexibility index (Phi) is 7.84. The molecule has 22 heavy (non-hydrogen) atoms. The van der Waals surface area contributed by atoms with Gasteiger partial charge in [0.25, 0.3) is 0 Å². The molecule has 0 radical (unpaired) electrons. The lowest BCUT2D eigenvalue weighted by atomic mass is 9.53. The van der Waals surface area contributed by atoms with Crippen molar-refractivity contribution in [1.29, 1.82) is 0 Å². The molecule has 0 aromatic rings. The van der Waals surface area contributed by atoms with Crippen molar-refractivity contribution in [2.75, 3.05) is 0 Å². The van der Waals surface area contributed by atoms with E-state index in [1.165, 1.54) is 5.57 Å². The second-order valence-corrected chi connectivity index (χ2v) is 7.15. The fraction of sp³-hybridized carbons (Fsp3) is 0.842. The topological polar surface area (TPSA) is 63.3 Å². The third-order valence-electron chi connectivity index (χ3n) is 5.93. The summed E-state index contributed by atoms with van der Waals surface area (Å²) in [5.41, 5.74) is 6.89. The van der Waals surface area contributed by atoms with Crippen molar-refractivity contribution in [3.63, 3.8) is 0 Å². The normalized spacial score (nSPS) is 30.2. The summed E-state index contributed by atoms with van der Waals surface area (Å²) in [4.78, 5) is 11.5. The lowest BCUT2D eigenvalue weighted by Gasteiger charge is -2.53. The first-order chi connectivity index (χ1) is 10.1. The molecule has 130 valence electrons. The molecule has 0 aliphatic heterocycles. The summed E-state index contributed by atoms with van der Waals surface area (Å²) in [6.45, 7) is 16.4. The highest BCUT2D eigenvalue weighted by molar-refractivity contribution is 5.71. The minimum absolute atomic E-state index is 0.275. The van der Waals surface area contributed by atoms with Crippen molar-refractivity contribution in [3.05, 3.63) is 11.6 Å². The fourth-order valence-electron chi connectivity index (χ4n) is 3.81. The maximum atomic E-state index is 11.5. The predicted molar refractivity (Wildman–Crippen MR) is 94.8 cm³/mol. The Labute approximate surface area is 137 Å². The molecule has 0 spiro atoms. The molecule has 0 aromatic carbocycles. The van der Waals surface area contributed by atoms with Gasteiger partial charge >= 0.3 is 5.97 Å². The average molecular weight is 312 g/mol. The van der Waals surface area contributed by atoms with Crippen LogP contribution < -0.4 is 5.73 Å². The highest BCUT2D eigenvalue weighted by Gasteiger charge is 2.52. The molecule has 0 saturated carbocycles. The largest absolute Gasteiger partial charge is 0.481 e. The van der Waals surface area contributed by atoms with Crippen LogP contribution in [0.3, 0.4) is 0 Å². The van der Waals surface area contributed by atoms with E-state index in [4.69, 9.17) is 5.73 Å². The zero-order valence-electron chi connectivity index (χ0n) is 15.9. The molecule has 5 atom stereocenters. The van der Waals surface area contributed by atoms with Crippen LogP contribution in [0.5, 0.6) is 0 Å². The van der Waals surface area contributed by atoms with Gasteiger partial charge in [0.05, 0.1) is 5.92 Å². The number of aliphatic carboxylic acids is 1. The van der Waals surface area contributed by atoms with Gasteiger partial charge in [-0.05, 0) is 38.5 Å². The summed E-state index contributed by atoms with van der Waals surface area (Å²) in [6.07, 6.45) is 5.56. The third kappa shape index (κ3) is 3.92. The molecule has 1 unspecified atom stereocenters. The molecule has 3 nitrogen and oxygen atoms in total. The van der Waals surface area contributed by atoms with Crippen molar-refractivity contribution in [3.8, 4) is 0 Å². The third-order valence-corrected chi connectivity index (χ3v) is 5.93. The molecule has 3 N–H and O–H groups in total. The Balaban J connectivity index is 0.00000211. The lowest BCUT2D eigenvalue weighted by Crippen LogP contribution is -2.61. The molecular formula is C19H37NO2. The number of hydrogen-bond acceptors (Lipinski definition) is 2. The SMILES string of the molecule is CC.CC[C@@H](C)[C@@H]1CCC(C)=C[C@]1(C)[C@](C)(N)C(C)C(=O)O. The molecule has 0 amide bonds. The van der Waals surface area contributed by atoms with Gasteiger partial charge in [-0.3, -0.25) is 4.79 Å². The number of carboxylic acid groups (broad SMARTS) is 1. The zero-order chi connectivity index (χ0) is 17.7. The maximum Gasteiger partial charge on any atom is 0.308 e. The summed E-state index contributed by atoms with van der Waals surface area (Å²) >= 11 is 0. The summed E-state index contributed by atoms with van der Waals surface area (Å²) in [7, 11) is 0. The summed E-state index contributed by atoms with van der Waals surface area (Å²) in [6, 6.07) is 0. The molecule has 0 saturated heterocycles. The first-order valence-electron chi connectivity index (χ1n) is 8.77. The van der Waals surface area contributed by atoms with Gasteiger partial charge in [-0.25, -0.2) is 0 Å². The number of rotatable bonds is 5. The first-order valence-corrected chi connectivity index (χ1v) is 8.77. The van der Waals surface area contributed by atoms with Crippen molar-refractivity contribution in [1.82, 2.24) is 0 Å². The highest BCUT2D eigenvalue weighted by Crippen LogP contribution is 2.51. The van der Waals surface area contributed by atoms with Gasteiger partial charge in [0.2, 0.25) is 0 Å². The van der Waals surface area contributed by atoms with Gasteiger partial charge in [0.1, 0.15) is 0 Å². The van der Waals surface area contributed by atoms with Gasteiger partial charge < -0.3 is 10.8 Å². The van der Waals surface area contributed by atoms with Crippen molar-refractivity contribution in [2.45, 2.75) is 80.2 Å². The van der Waals surface area contributed by atoms with Gasteiger partial charge in [0.15, 0.2) is 0 Å². The van der Waals surface area contributed by atoms with E-state index in [1.807, 2.05) is 20.8 Å². The van der Waals surface area contributed by atoms with E-state index in [2.05, 4.69) is 33.8 Å². The standard InChI is InChI=1S/C17H31NO2.C2H6/c1-7-12(3)14-9-8-11(2)10-16(14,5)17(6,18)13(4)15(19)20;1-2/h10,12-14H,7-9,18H2,1-6H3,(H,19,20);1-2H3/t12-,13?,14+,16+,17-;/m1./s1. The highest BCUT2D eigenvalue weighted by atomic mass is 16.4. The van der Waals surface area contributed by atoms with E-state index in [-0.39, 0.29) is 5.41 Å². The fourth-order valence-corrected chi connectivity index (χ4v) is 3.81. The summed E-state index contributed by atoms with van der Waals surface area (Å²) in [5, 5.41) is 9.41. The smallest absolute Gasteiger partial charge is 0.308 e. The predicted octanol–water partition coefficient (Wildman–Crippen LogP) is 4.86. The number of nitrogens with two attached hydrogens (primary N) is 1. The van der Waals surface area contributed by atoms with Crippen molar-refractivity contribution in [2.24, 2.45) is 28.9 Å². The molecule has 0 fully saturated rings. The number of carboxylic acids is 1. The summed E-state index contributed by atoms with van der Waals surface area (Å²) < 4.78 is 0. The quantitative estimate of drug-likeness (QED) is 0.713. The summed E-state index contributed by atoms with van der Waals surface area (Å²) in [5.74, 6) is -0.391. The van der Waals surface area contributed by atoms with Crippen LogP contribution in [0.15, 0.2) is 11.6 Å². The van der Waals surface area contributed by atoms with Crippen LogP contribution in [0.4, 0.5) is 0 Å². The Morgan fingerprint density at radius 2 is 2.00 bits per heavy atom. The van der Waals surface area contributed by atoms with E-state index in [1.54, 1.807) is 6.92 Å². The molecule has 0 heterocycles. The van der Waals surface area contributed by atoms with Gasteiger partial charge in [-0.15, -0.1) is 0 Å².